The van der Waals surface area contributed by atoms with Gasteiger partial charge in [-0.05, 0) is 30.9 Å². The first-order valence-corrected chi connectivity index (χ1v) is 6.37. The molecule has 0 saturated carbocycles. The number of piperidine rings is 1. The Balaban J connectivity index is 2.21. The molecule has 0 spiro atoms. The maximum absolute atomic E-state index is 12.9. The van der Waals surface area contributed by atoms with E-state index in [1.54, 1.807) is 4.90 Å². The van der Waals surface area contributed by atoms with Crippen LogP contribution in [-0.2, 0) is 11.0 Å². The Bertz CT molecular complexity index is 491. The Hall–Kier alpha value is -1.79. The predicted octanol–water partition coefficient (Wildman–Crippen LogP) is 2.79. The molecular weight excluding hydrogens is 273 g/mol. The molecule has 2 rings (SSSR count). The Labute approximate surface area is 114 Å². The predicted molar refractivity (Wildman–Crippen MR) is 66.4 cm³/mol. The summed E-state index contributed by atoms with van der Waals surface area (Å²) in [6.45, 7) is 0.766. The second kappa shape index (κ2) is 5.68. The molecule has 7 heteroatoms. The highest BCUT2D eigenvalue weighted by Gasteiger charge is 2.36. The third-order valence-corrected chi connectivity index (χ3v) is 3.37. The van der Waals surface area contributed by atoms with Gasteiger partial charge in [0.05, 0.1) is 5.56 Å². The van der Waals surface area contributed by atoms with Crippen molar-refractivity contribution in [3.63, 3.8) is 0 Å². The minimum absolute atomic E-state index is 0.0231. The monoisotopic (exact) mass is 288 g/mol. The van der Waals surface area contributed by atoms with Gasteiger partial charge in [0.15, 0.2) is 0 Å². The minimum atomic E-state index is -4.46. The van der Waals surface area contributed by atoms with E-state index in [9.17, 15) is 18.0 Å². The lowest BCUT2D eigenvalue weighted by Crippen LogP contribution is -2.38. The van der Waals surface area contributed by atoms with E-state index in [0.29, 0.717) is 19.5 Å². The van der Waals surface area contributed by atoms with Crippen molar-refractivity contribution in [1.29, 1.82) is 0 Å². The van der Waals surface area contributed by atoms with Crippen molar-refractivity contribution >= 4 is 11.8 Å². The lowest BCUT2D eigenvalue weighted by atomic mass is 9.94. The highest BCUT2D eigenvalue weighted by atomic mass is 19.4. The Morgan fingerprint density at radius 3 is 2.90 bits per heavy atom. The molecule has 1 N–H and O–H groups in total. The molecule has 0 aliphatic carbocycles. The van der Waals surface area contributed by atoms with E-state index in [2.05, 4.69) is 4.98 Å². The molecular formula is C13H15F3N2O2. The smallest absolute Gasteiger partial charge is 0.419 e. The molecule has 0 aromatic carbocycles. The summed E-state index contributed by atoms with van der Waals surface area (Å²) in [6.07, 6.45) is -1.76. The van der Waals surface area contributed by atoms with Crippen LogP contribution in [0.25, 0.3) is 0 Å². The van der Waals surface area contributed by atoms with E-state index in [-0.39, 0.29) is 18.2 Å². The van der Waals surface area contributed by atoms with E-state index in [1.807, 2.05) is 0 Å². The molecule has 1 fully saturated rings. The summed E-state index contributed by atoms with van der Waals surface area (Å²) in [5, 5.41) is 8.79. The molecule has 1 saturated heterocycles. The lowest BCUT2D eigenvalue weighted by molar-refractivity contribution is -0.139. The lowest BCUT2D eigenvalue weighted by Gasteiger charge is -2.34. The van der Waals surface area contributed by atoms with Crippen molar-refractivity contribution in [2.45, 2.75) is 25.4 Å². The maximum atomic E-state index is 12.9. The number of anilines is 1. The van der Waals surface area contributed by atoms with Crippen molar-refractivity contribution in [2.75, 3.05) is 18.0 Å². The standard InChI is InChI=1S/C13H15F3N2O2/c14-13(15,16)10-4-1-5-17-12(10)18-6-2-3-9(8-18)7-11(19)20/h1,4-5,9H,2-3,6-8H2,(H,19,20). The van der Waals surface area contributed by atoms with Gasteiger partial charge in [0.1, 0.15) is 5.82 Å². The van der Waals surface area contributed by atoms with Crippen molar-refractivity contribution in [1.82, 2.24) is 4.98 Å². The molecule has 1 aromatic heterocycles. The highest BCUT2D eigenvalue weighted by molar-refractivity contribution is 5.67. The van der Waals surface area contributed by atoms with E-state index in [4.69, 9.17) is 5.11 Å². The second-order valence-electron chi connectivity index (χ2n) is 4.92. The zero-order valence-corrected chi connectivity index (χ0v) is 10.7. The van der Waals surface area contributed by atoms with Crippen LogP contribution in [0.3, 0.4) is 0 Å². The molecule has 110 valence electrons. The fourth-order valence-electron chi connectivity index (χ4n) is 2.54. The fourth-order valence-corrected chi connectivity index (χ4v) is 2.54. The Morgan fingerprint density at radius 1 is 1.50 bits per heavy atom. The number of hydrogen-bond acceptors (Lipinski definition) is 3. The van der Waals surface area contributed by atoms with Crippen LogP contribution in [0.4, 0.5) is 19.0 Å². The largest absolute Gasteiger partial charge is 0.481 e. The molecule has 1 atom stereocenters. The van der Waals surface area contributed by atoms with Crippen LogP contribution in [0.1, 0.15) is 24.8 Å². The first-order chi connectivity index (χ1) is 9.38. The topological polar surface area (TPSA) is 53.4 Å². The molecule has 1 aromatic rings. The quantitative estimate of drug-likeness (QED) is 0.929. The number of aromatic nitrogens is 1. The fraction of sp³-hybridized carbons (Fsp3) is 0.538. The molecule has 20 heavy (non-hydrogen) atoms. The van der Waals surface area contributed by atoms with E-state index >= 15 is 0 Å². The minimum Gasteiger partial charge on any atom is -0.481 e. The first kappa shape index (κ1) is 14.6. The van der Waals surface area contributed by atoms with Crippen LogP contribution in [0, 0.1) is 5.92 Å². The number of aliphatic carboxylic acids is 1. The van der Waals surface area contributed by atoms with E-state index in [1.165, 1.54) is 12.3 Å². The van der Waals surface area contributed by atoms with Gasteiger partial charge < -0.3 is 10.0 Å². The summed E-state index contributed by atoms with van der Waals surface area (Å²) in [6, 6.07) is 2.26. The van der Waals surface area contributed by atoms with Crippen LogP contribution in [0.15, 0.2) is 18.3 Å². The zero-order chi connectivity index (χ0) is 14.8. The Kier molecular flexibility index (Phi) is 4.15. The van der Waals surface area contributed by atoms with Gasteiger partial charge in [-0.1, -0.05) is 0 Å². The van der Waals surface area contributed by atoms with Gasteiger partial charge in [0.2, 0.25) is 0 Å². The number of hydrogen-bond donors (Lipinski definition) is 1. The van der Waals surface area contributed by atoms with Crippen LogP contribution in [0.5, 0.6) is 0 Å². The molecule has 1 aliphatic heterocycles. The molecule has 1 unspecified atom stereocenters. The summed E-state index contributed by atoms with van der Waals surface area (Å²) in [4.78, 5) is 16.1. The van der Waals surface area contributed by atoms with Crippen LogP contribution >= 0.6 is 0 Å². The summed E-state index contributed by atoms with van der Waals surface area (Å²) in [5.74, 6) is -1.16. The zero-order valence-electron chi connectivity index (χ0n) is 10.7. The number of rotatable bonds is 3. The van der Waals surface area contributed by atoms with Crippen LogP contribution in [-0.4, -0.2) is 29.1 Å². The van der Waals surface area contributed by atoms with Gasteiger partial charge in [-0.15, -0.1) is 0 Å². The molecule has 4 nitrogen and oxygen atoms in total. The third-order valence-electron chi connectivity index (χ3n) is 3.37. The molecule has 0 radical (unpaired) electrons. The number of carbonyl (C=O) groups is 1. The van der Waals surface area contributed by atoms with Gasteiger partial charge in [-0.25, -0.2) is 4.98 Å². The summed E-state index contributed by atoms with van der Waals surface area (Å²) < 4.78 is 38.8. The Morgan fingerprint density at radius 2 is 2.25 bits per heavy atom. The molecule has 1 aliphatic rings. The van der Waals surface area contributed by atoms with Gasteiger partial charge in [0.25, 0.3) is 0 Å². The highest BCUT2D eigenvalue weighted by Crippen LogP contribution is 2.36. The summed E-state index contributed by atoms with van der Waals surface area (Å²) in [5.41, 5.74) is -0.768. The number of halogens is 3. The summed E-state index contributed by atoms with van der Waals surface area (Å²) in [7, 11) is 0. The van der Waals surface area contributed by atoms with Crippen molar-refractivity contribution in [3.05, 3.63) is 23.9 Å². The maximum Gasteiger partial charge on any atom is 0.419 e. The van der Waals surface area contributed by atoms with E-state index < -0.39 is 17.7 Å². The van der Waals surface area contributed by atoms with Crippen molar-refractivity contribution in [3.8, 4) is 0 Å². The SMILES string of the molecule is O=C(O)CC1CCCN(c2ncccc2C(F)(F)F)C1. The number of pyridine rings is 1. The number of carboxylic acids is 1. The summed E-state index contributed by atoms with van der Waals surface area (Å²) >= 11 is 0. The van der Waals surface area contributed by atoms with Gasteiger partial charge in [-0.2, -0.15) is 13.2 Å². The van der Waals surface area contributed by atoms with Crippen molar-refractivity contribution < 1.29 is 23.1 Å². The average Bonchev–Trinajstić information content (AvgIpc) is 2.37. The number of carboxylic acid groups (broad SMARTS) is 1. The van der Waals surface area contributed by atoms with Gasteiger partial charge in [0, 0.05) is 25.7 Å². The van der Waals surface area contributed by atoms with Crippen LogP contribution in [0.2, 0.25) is 0 Å². The molecule has 2 heterocycles. The van der Waals surface area contributed by atoms with Gasteiger partial charge >= 0.3 is 12.1 Å². The second-order valence-corrected chi connectivity index (χ2v) is 4.92. The number of nitrogens with zero attached hydrogens (tertiary/aromatic N) is 2. The van der Waals surface area contributed by atoms with Crippen LogP contribution < -0.4 is 4.90 Å². The third kappa shape index (κ3) is 3.40. The van der Waals surface area contributed by atoms with Crippen molar-refractivity contribution in [2.24, 2.45) is 5.92 Å². The molecule has 0 amide bonds. The van der Waals surface area contributed by atoms with Gasteiger partial charge in [-0.3, -0.25) is 4.79 Å². The first-order valence-electron chi connectivity index (χ1n) is 6.37. The average molecular weight is 288 g/mol. The normalized spacial score (nSPS) is 19.9. The number of alkyl halides is 3. The van der Waals surface area contributed by atoms with E-state index in [0.717, 1.165) is 12.5 Å². The molecule has 0 bridgehead atoms.